The fourth-order valence-corrected chi connectivity index (χ4v) is 4.45. The average molecular weight is 483 g/mol. The number of ether oxygens (including phenoxy) is 2. The van der Waals surface area contributed by atoms with Gasteiger partial charge in [0.1, 0.15) is 0 Å². The molecule has 0 saturated heterocycles. The quantitative estimate of drug-likeness (QED) is 0.246. The maximum atomic E-state index is 9.82. The molecule has 0 aromatic heterocycles. The van der Waals surface area contributed by atoms with Crippen LogP contribution in [0.1, 0.15) is 49.9 Å². The van der Waals surface area contributed by atoms with Crippen molar-refractivity contribution >= 4 is 45.6 Å². The monoisotopic (exact) mass is 482 g/mol. The van der Waals surface area contributed by atoms with E-state index in [1.807, 2.05) is 0 Å². The Kier molecular flexibility index (Phi) is 9.82. The molecule has 2 aliphatic carbocycles. The van der Waals surface area contributed by atoms with Crippen molar-refractivity contribution in [2.75, 3.05) is 13.2 Å². The van der Waals surface area contributed by atoms with Crippen LogP contribution in [0.5, 0.6) is 0 Å². The Hall–Kier alpha value is -3.92. The van der Waals surface area contributed by atoms with Crippen LogP contribution in [-0.4, -0.2) is 25.2 Å². The topological polar surface area (TPSA) is 52.6 Å². The largest absolute Gasteiger partial charge is 0.466 e. The van der Waals surface area contributed by atoms with Gasteiger partial charge in [0, 0.05) is 13.8 Å². The number of carbonyl (C=O) groups is 2. The molecule has 186 valence electrons. The molecule has 0 radical (unpaired) electrons. The van der Waals surface area contributed by atoms with Crippen molar-refractivity contribution in [3.8, 4) is 0 Å². The van der Waals surface area contributed by atoms with E-state index in [4.69, 9.17) is 0 Å². The number of aryl methyl sites for hydroxylation is 2. The van der Waals surface area contributed by atoms with Crippen molar-refractivity contribution in [2.24, 2.45) is 0 Å². The lowest BCUT2D eigenvalue weighted by molar-refractivity contribution is -0.141. The molecule has 4 aromatic rings. The number of carbonyl (C=O) groups excluding carboxylic acids is 2. The average Bonchev–Trinajstić information content (AvgIpc) is 3.48. The predicted octanol–water partition coefficient (Wildman–Crippen LogP) is 7.40. The maximum absolute atomic E-state index is 9.82. The van der Waals surface area contributed by atoms with Crippen molar-refractivity contribution in [3.63, 3.8) is 0 Å². The minimum absolute atomic E-state index is 0.211. The van der Waals surface area contributed by atoms with Gasteiger partial charge in [-0.2, -0.15) is 0 Å². The van der Waals surface area contributed by atoms with E-state index in [1.54, 1.807) is 13.8 Å². The van der Waals surface area contributed by atoms with Gasteiger partial charge in [0.05, 0.1) is 13.2 Å². The number of rotatable bonds is 2. The molecule has 0 unspecified atom stereocenters. The molecule has 6 rings (SSSR count). The van der Waals surface area contributed by atoms with Crippen LogP contribution in [0.25, 0.3) is 33.7 Å². The minimum atomic E-state index is -0.211. The van der Waals surface area contributed by atoms with Gasteiger partial charge in [-0.15, -0.1) is 0 Å². The van der Waals surface area contributed by atoms with Crippen LogP contribution in [0.3, 0.4) is 0 Å². The first-order chi connectivity index (χ1) is 17.4. The van der Waals surface area contributed by atoms with Crippen molar-refractivity contribution in [3.05, 3.63) is 95.1 Å². The number of benzene rings is 4. The number of hydrogen-bond donors (Lipinski definition) is 0. The first kappa shape index (κ1) is 26.7. The molecular formula is C32H34O4. The van der Waals surface area contributed by atoms with Crippen molar-refractivity contribution in [1.29, 1.82) is 0 Å². The second-order valence-electron chi connectivity index (χ2n) is 8.41. The number of esters is 2. The summed E-state index contributed by atoms with van der Waals surface area (Å²) in [5.41, 5.74) is 5.76. The summed E-state index contributed by atoms with van der Waals surface area (Å²) in [7, 11) is 0. The standard InChI is InChI=1S/C12H10.C12H8.2C4H8O2/c2*1-3-9-4-2-6-11-8-7-10(5-1)12(9)11;2*1-3-6-4(2)5/h1-6H,7-8H2;1-8H;2*3H2,1-2H3. The highest BCUT2D eigenvalue weighted by Gasteiger charge is 2.12. The van der Waals surface area contributed by atoms with Crippen molar-refractivity contribution < 1.29 is 19.1 Å². The van der Waals surface area contributed by atoms with E-state index < -0.39 is 0 Å². The van der Waals surface area contributed by atoms with Crippen molar-refractivity contribution in [1.82, 2.24) is 0 Å². The predicted molar refractivity (Wildman–Crippen MR) is 149 cm³/mol. The molecule has 0 heterocycles. The molecule has 4 heteroatoms. The van der Waals surface area contributed by atoms with E-state index in [0.717, 1.165) is 0 Å². The van der Waals surface area contributed by atoms with Crippen LogP contribution in [0.15, 0.2) is 72.8 Å². The highest BCUT2D eigenvalue weighted by molar-refractivity contribution is 6.04. The summed E-state index contributed by atoms with van der Waals surface area (Å²) < 4.78 is 8.81. The van der Waals surface area contributed by atoms with Crippen LogP contribution < -0.4 is 0 Å². The van der Waals surface area contributed by atoms with E-state index in [1.165, 1.54) is 70.5 Å². The lowest BCUT2D eigenvalue weighted by Gasteiger charge is -1.99. The fourth-order valence-electron chi connectivity index (χ4n) is 4.45. The molecule has 4 aromatic carbocycles. The third-order valence-corrected chi connectivity index (χ3v) is 5.85. The zero-order valence-electron chi connectivity index (χ0n) is 21.5. The summed E-state index contributed by atoms with van der Waals surface area (Å²) in [5, 5.41) is 5.66. The molecule has 0 N–H and O–H groups in total. The van der Waals surface area contributed by atoms with Gasteiger partial charge in [-0.25, -0.2) is 0 Å². The zero-order chi connectivity index (χ0) is 25.9. The van der Waals surface area contributed by atoms with Gasteiger partial charge in [0.2, 0.25) is 0 Å². The molecule has 0 spiro atoms. The van der Waals surface area contributed by atoms with Crippen LogP contribution in [0.2, 0.25) is 0 Å². The Balaban J connectivity index is 0.000000142. The normalized spacial score (nSPS) is 11.4. The van der Waals surface area contributed by atoms with Gasteiger partial charge in [0.15, 0.2) is 0 Å². The van der Waals surface area contributed by atoms with E-state index in [9.17, 15) is 9.59 Å². The van der Waals surface area contributed by atoms with E-state index in [2.05, 4.69) is 94.4 Å². The molecule has 0 aliphatic heterocycles. The number of hydrogen-bond acceptors (Lipinski definition) is 4. The summed E-state index contributed by atoms with van der Waals surface area (Å²) in [5.74, 6) is -0.421. The Morgan fingerprint density at radius 3 is 1.36 bits per heavy atom. The van der Waals surface area contributed by atoms with Crippen molar-refractivity contribution in [2.45, 2.75) is 40.5 Å². The SMILES string of the molecule is C1=Cc2cccc3cccc1c23.CCOC(C)=O.CCOC(C)=O.c1cc2c3c(cccc3c1)CC2. The molecule has 4 nitrogen and oxygen atoms in total. The highest BCUT2D eigenvalue weighted by atomic mass is 16.5. The van der Waals surface area contributed by atoms with Crippen LogP contribution in [0, 0.1) is 0 Å². The Morgan fingerprint density at radius 2 is 1.00 bits per heavy atom. The summed E-state index contributed by atoms with van der Waals surface area (Å²) in [6.07, 6.45) is 6.82. The highest BCUT2D eigenvalue weighted by Crippen LogP contribution is 2.31. The Labute approximate surface area is 213 Å². The summed E-state index contributed by atoms with van der Waals surface area (Å²) in [6.45, 7) is 7.31. The van der Waals surface area contributed by atoms with Gasteiger partial charge in [-0.3, -0.25) is 9.59 Å². The first-order valence-corrected chi connectivity index (χ1v) is 12.4. The van der Waals surface area contributed by atoms with Gasteiger partial charge >= 0.3 is 11.9 Å². The molecule has 0 saturated carbocycles. The Morgan fingerprint density at radius 1 is 0.611 bits per heavy atom. The summed E-state index contributed by atoms with van der Waals surface area (Å²) >= 11 is 0. The molecule has 2 aliphatic rings. The first-order valence-electron chi connectivity index (χ1n) is 12.4. The third-order valence-electron chi connectivity index (χ3n) is 5.85. The van der Waals surface area contributed by atoms with E-state index in [0.29, 0.717) is 13.2 Å². The second-order valence-corrected chi connectivity index (χ2v) is 8.41. The molecule has 36 heavy (non-hydrogen) atoms. The van der Waals surface area contributed by atoms with Gasteiger partial charge in [-0.1, -0.05) is 84.9 Å². The minimum Gasteiger partial charge on any atom is -0.466 e. The lowest BCUT2D eigenvalue weighted by atomic mass is 10.0. The van der Waals surface area contributed by atoms with Crippen LogP contribution >= 0.6 is 0 Å². The maximum Gasteiger partial charge on any atom is 0.302 e. The lowest BCUT2D eigenvalue weighted by Crippen LogP contribution is -1.95. The fraction of sp³-hybridized carbons (Fsp3) is 0.250. The molecular weight excluding hydrogens is 448 g/mol. The van der Waals surface area contributed by atoms with Gasteiger partial charge in [0.25, 0.3) is 0 Å². The molecule has 0 fully saturated rings. The van der Waals surface area contributed by atoms with Crippen LogP contribution in [-0.2, 0) is 31.9 Å². The molecule has 0 atom stereocenters. The zero-order valence-corrected chi connectivity index (χ0v) is 21.5. The molecule has 0 amide bonds. The summed E-state index contributed by atoms with van der Waals surface area (Å²) in [6, 6.07) is 26.1. The third kappa shape index (κ3) is 7.05. The Bertz CT molecular complexity index is 1260. The van der Waals surface area contributed by atoms with Crippen LogP contribution in [0.4, 0.5) is 0 Å². The van der Waals surface area contributed by atoms with Gasteiger partial charge in [-0.05, 0) is 70.5 Å². The van der Waals surface area contributed by atoms with Gasteiger partial charge < -0.3 is 9.47 Å². The van der Waals surface area contributed by atoms with E-state index in [-0.39, 0.29) is 11.9 Å². The smallest absolute Gasteiger partial charge is 0.302 e. The second kappa shape index (κ2) is 13.2. The van der Waals surface area contributed by atoms with E-state index >= 15 is 0 Å². The molecule has 0 bridgehead atoms. The summed E-state index contributed by atoms with van der Waals surface area (Å²) in [4.78, 5) is 19.6.